The molecule has 2 fully saturated rings. The van der Waals surface area contributed by atoms with Crippen molar-refractivity contribution in [3.05, 3.63) is 35.2 Å². The molecule has 1 aromatic heterocycles. The second-order valence-electron chi connectivity index (χ2n) is 11.4. The Balaban J connectivity index is 1.21. The fourth-order valence-electron chi connectivity index (χ4n) is 6.20. The van der Waals surface area contributed by atoms with E-state index in [1.807, 2.05) is 32.0 Å². The number of carbonyl (C=O) groups is 1. The predicted octanol–water partition coefficient (Wildman–Crippen LogP) is 5.90. The lowest BCUT2D eigenvalue weighted by molar-refractivity contribution is -0.124. The Morgan fingerprint density at radius 1 is 1.08 bits per heavy atom. The van der Waals surface area contributed by atoms with Crippen molar-refractivity contribution in [2.24, 2.45) is 17.8 Å². The number of methoxy groups -OCH3 is 1. The highest BCUT2D eigenvalue weighted by Crippen LogP contribution is 2.34. The minimum Gasteiger partial charge on any atom is -0.496 e. The second kappa shape index (κ2) is 12.4. The Morgan fingerprint density at radius 3 is 2.50 bits per heavy atom. The van der Waals surface area contributed by atoms with Crippen LogP contribution in [-0.4, -0.2) is 60.4 Å². The summed E-state index contributed by atoms with van der Waals surface area (Å²) in [6.07, 6.45) is 6.18. The SMILES string of the molecule is COc1cccc(C)c1-c1nc(CN2CCC(C(=O)CCCCN3C[C@H](C)C[C@H](C)C3)CC2)c(C)o1. The third-order valence-electron chi connectivity index (χ3n) is 8.07. The number of oxazole rings is 1. The number of aryl methyl sites for hydroxylation is 2. The summed E-state index contributed by atoms with van der Waals surface area (Å²) in [6.45, 7) is 15.0. The number of piperidine rings is 2. The van der Waals surface area contributed by atoms with Crippen LogP contribution in [0.3, 0.4) is 0 Å². The first-order valence-corrected chi connectivity index (χ1v) is 13.9. The standard InChI is InChI=1S/C30H45N3O3/c1-21-17-22(2)19-33(18-21)14-7-6-10-27(34)25-12-15-32(16-13-25)20-26-24(4)36-30(31-26)29-23(3)9-8-11-28(29)35-5/h8-9,11,21-22,25H,6-7,10,12-20H2,1-5H3/t21-,22+. The summed E-state index contributed by atoms with van der Waals surface area (Å²) in [4.78, 5) is 22.7. The van der Waals surface area contributed by atoms with Crippen molar-refractivity contribution in [2.45, 2.75) is 72.8 Å². The third-order valence-corrected chi connectivity index (χ3v) is 8.07. The van der Waals surface area contributed by atoms with E-state index in [0.29, 0.717) is 11.7 Å². The zero-order chi connectivity index (χ0) is 25.7. The molecule has 6 heteroatoms. The van der Waals surface area contributed by atoms with Gasteiger partial charge in [0, 0.05) is 32.0 Å². The number of unbranched alkanes of at least 4 members (excludes halogenated alkanes) is 1. The molecule has 0 aliphatic carbocycles. The first kappa shape index (κ1) is 26.9. The van der Waals surface area contributed by atoms with Crippen LogP contribution in [0.25, 0.3) is 11.5 Å². The summed E-state index contributed by atoms with van der Waals surface area (Å²) in [5.41, 5.74) is 2.98. The van der Waals surface area contributed by atoms with E-state index in [9.17, 15) is 4.79 Å². The van der Waals surface area contributed by atoms with Gasteiger partial charge in [-0.15, -0.1) is 0 Å². The summed E-state index contributed by atoms with van der Waals surface area (Å²) < 4.78 is 11.6. The van der Waals surface area contributed by atoms with Crippen LogP contribution in [-0.2, 0) is 11.3 Å². The van der Waals surface area contributed by atoms with Crippen LogP contribution in [0.15, 0.2) is 22.6 Å². The van der Waals surface area contributed by atoms with Crippen molar-refractivity contribution in [1.82, 2.24) is 14.8 Å². The van der Waals surface area contributed by atoms with Gasteiger partial charge in [0.2, 0.25) is 5.89 Å². The molecule has 2 aliphatic heterocycles. The molecule has 6 nitrogen and oxygen atoms in total. The molecular formula is C30H45N3O3. The van der Waals surface area contributed by atoms with Gasteiger partial charge in [-0.2, -0.15) is 0 Å². The van der Waals surface area contributed by atoms with E-state index in [2.05, 4.69) is 23.6 Å². The number of ether oxygens (including phenoxy) is 1. The molecule has 0 radical (unpaired) electrons. The number of nitrogens with zero attached hydrogens (tertiary/aromatic N) is 3. The van der Waals surface area contributed by atoms with Crippen molar-refractivity contribution in [1.29, 1.82) is 0 Å². The summed E-state index contributed by atoms with van der Waals surface area (Å²) in [6, 6.07) is 5.97. The average molecular weight is 496 g/mol. The number of carbonyl (C=O) groups excluding carboxylic acids is 1. The number of rotatable bonds is 10. The highest BCUT2D eigenvalue weighted by Gasteiger charge is 2.27. The van der Waals surface area contributed by atoms with Crippen LogP contribution in [0.1, 0.15) is 69.4 Å². The minimum absolute atomic E-state index is 0.224. The van der Waals surface area contributed by atoms with Crippen molar-refractivity contribution in [3.8, 4) is 17.2 Å². The molecular weight excluding hydrogens is 450 g/mol. The number of benzene rings is 1. The first-order chi connectivity index (χ1) is 17.3. The van der Waals surface area contributed by atoms with E-state index in [1.54, 1.807) is 7.11 Å². The Bertz CT molecular complexity index is 999. The Morgan fingerprint density at radius 2 is 1.81 bits per heavy atom. The molecule has 0 saturated carbocycles. The zero-order valence-corrected chi connectivity index (χ0v) is 23.0. The lowest BCUT2D eigenvalue weighted by Crippen LogP contribution is -2.39. The predicted molar refractivity (Wildman–Crippen MR) is 144 cm³/mol. The molecule has 2 atom stereocenters. The van der Waals surface area contributed by atoms with Gasteiger partial charge in [-0.3, -0.25) is 9.69 Å². The molecule has 3 heterocycles. The number of aromatic nitrogens is 1. The van der Waals surface area contributed by atoms with Crippen molar-refractivity contribution >= 4 is 5.78 Å². The molecule has 0 bridgehead atoms. The maximum absolute atomic E-state index is 12.9. The van der Waals surface area contributed by atoms with Gasteiger partial charge >= 0.3 is 0 Å². The second-order valence-corrected chi connectivity index (χ2v) is 11.4. The first-order valence-electron chi connectivity index (χ1n) is 13.9. The van der Waals surface area contributed by atoms with Crippen molar-refractivity contribution in [2.75, 3.05) is 39.8 Å². The van der Waals surface area contributed by atoms with Gasteiger partial charge in [0.25, 0.3) is 0 Å². The summed E-state index contributed by atoms with van der Waals surface area (Å²) in [7, 11) is 1.68. The molecule has 2 aliphatic rings. The lowest BCUT2D eigenvalue weighted by atomic mass is 9.89. The molecule has 1 aromatic carbocycles. The lowest BCUT2D eigenvalue weighted by Gasteiger charge is -2.35. The largest absolute Gasteiger partial charge is 0.496 e. The average Bonchev–Trinajstić information content (AvgIpc) is 3.20. The summed E-state index contributed by atoms with van der Waals surface area (Å²) in [5, 5.41) is 0. The quantitative estimate of drug-likeness (QED) is 0.383. The Hall–Kier alpha value is -2.18. The number of hydrogen-bond acceptors (Lipinski definition) is 6. The molecule has 0 N–H and O–H groups in total. The number of hydrogen-bond donors (Lipinski definition) is 0. The van der Waals surface area contributed by atoms with E-state index < -0.39 is 0 Å². The summed E-state index contributed by atoms with van der Waals surface area (Å²) >= 11 is 0. The molecule has 2 saturated heterocycles. The molecule has 198 valence electrons. The van der Waals surface area contributed by atoms with Crippen LogP contribution in [0.5, 0.6) is 5.75 Å². The fraction of sp³-hybridized carbons (Fsp3) is 0.667. The normalized spacial score (nSPS) is 22.1. The zero-order valence-electron chi connectivity index (χ0n) is 23.0. The molecule has 0 amide bonds. The van der Waals surface area contributed by atoms with Crippen LogP contribution >= 0.6 is 0 Å². The fourth-order valence-corrected chi connectivity index (χ4v) is 6.20. The highest BCUT2D eigenvalue weighted by molar-refractivity contribution is 5.81. The minimum atomic E-state index is 0.224. The topological polar surface area (TPSA) is 58.8 Å². The van der Waals surface area contributed by atoms with E-state index in [4.69, 9.17) is 14.1 Å². The smallest absolute Gasteiger partial charge is 0.230 e. The number of Topliss-reactive ketones (excluding diaryl/α,β-unsaturated/α-hetero) is 1. The van der Waals surface area contributed by atoms with Crippen molar-refractivity contribution in [3.63, 3.8) is 0 Å². The van der Waals surface area contributed by atoms with Gasteiger partial charge in [0.1, 0.15) is 17.3 Å². The monoisotopic (exact) mass is 495 g/mol. The van der Waals surface area contributed by atoms with Crippen LogP contribution < -0.4 is 4.74 Å². The molecule has 0 spiro atoms. The molecule has 36 heavy (non-hydrogen) atoms. The van der Waals surface area contributed by atoms with Gasteiger partial charge < -0.3 is 14.1 Å². The third kappa shape index (κ3) is 6.77. The van der Waals surface area contributed by atoms with Crippen LogP contribution in [0, 0.1) is 31.6 Å². The van der Waals surface area contributed by atoms with E-state index in [0.717, 1.165) is 98.4 Å². The van der Waals surface area contributed by atoms with Crippen LogP contribution in [0.2, 0.25) is 0 Å². The van der Waals surface area contributed by atoms with Gasteiger partial charge in [0.05, 0.1) is 18.4 Å². The molecule has 0 unspecified atom stereocenters. The van der Waals surface area contributed by atoms with Gasteiger partial charge in [-0.05, 0) is 89.1 Å². The maximum Gasteiger partial charge on any atom is 0.230 e. The Kier molecular flexibility index (Phi) is 9.24. The van der Waals surface area contributed by atoms with E-state index in [-0.39, 0.29) is 5.92 Å². The van der Waals surface area contributed by atoms with Gasteiger partial charge in [0.15, 0.2) is 0 Å². The number of ketones is 1. The molecule has 4 rings (SSSR count). The van der Waals surface area contributed by atoms with Gasteiger partial charge in [-0.1, -0.05) is 26.0 Å². The Labute approximate surface area is 217 Å². The van der Waals surface area contributed by atoms with Gasteiger partial charge in [-0.25, -0.2) is 4.98 Å². The van der Waals surface area contributed by atoms with Crippen molar-refractivity contribution < 1.29 is 13.9 Å². The van der Waals surface area contributed by atoms with Crippen LogP contribution in [0.4, 0.5) is 0 Å². The summed E-state index contributed by atoms with van der Waals surface area (Å²) in [5.74, 6) is 4.56. The maximum atomic E-state index is 12.9. The highest BCUT2D eigenvalue weighted by atomic mass is 16.5. The van der Waals surface area contributed by atoms with E-state index in [1.165, 1.54) is 19.5 Å². The number of likely N-dealkylation sites (tertiary alicyclic amines) is 2. The molecule has 2 aromatic rings. The van der Waals surface area contributed by atoms with E-state index >= 15 is 0 Å².